The number of aliphatic hydroxyl groups is 1. The lowest BCUT2D eigenvalue weighted by molar-refractivity contribution is 0.248. The van der Waals surface area contributed by atoms with E-state index in [1.54, 1.807) is 0 Å². The normalized spacial score (nSPS) is 9.60. The molecule has 0 spiro atoms. The van der Waals surface area contributed by atoms with Crippen LogP contribution in [0.1, 0.15) is 13.8 Å². The molecule has 0 amide bonds. The maximum Gasteiger partial charge on any atom is 0.0453 e. The molecule has 0 saturated heterocycles. The summed E-state index contributed by atoms with van der Waals surface area (Å²) in [5.41, 5.74) is 0. The second-order valence-electron chi connectivity index (χ2n) is 1.58. The van der Waals surface area contributed by atoms with Crippen LogP contribution >= 0.6 is 0 Å². The van der Waals surface area contributed by atoms with E-state index in [-0.39, 0.29) is 0 Å². The highest BCUT2D eigenvalue weighted by Gasteiger charge is 1.81. The number of hydrogen-bond donors (Lipinski definition) is 1. The first-order chi connectivity index (χ1) is 2.27. The van der Waals surface area contributed by atoms with Crippen LogP contribution < -0.4 is 0 Å². The summed E-state index contributed by atoms with van der Waals surface area (Å²) in [6.07, 6.45) is 0. The van der Waals surface area contributed by atoms with Crippen molar-refractivity contribution in [3.63, 3.8) is 0 Å². The summed E-state index contributed by atoms with van der Waals surface area (Å²) in [5, 5.41) is 8.14. The SMILES string of the molecule is [13CH3][13CH]([13CH3])[13CH2]O. The predicted octanol–water partition coefficient (Wildman–Crippen LogP) is 0.635. The van der Waals surface area contributed by atoms with Crippen molar-refractivity contribution >= 4 is 0 Å². The predicted molar refractivity (Wildman–Crippen MR) is 21.9 cm³/mol. The van der Waals surface area contributed by atoms with Gasteiger partial charge in [0.25, 0.3) is 0 Å². The summed E-state index contributed by atoms with van der Waals surface area (Å²) in [6.45, 7) is 4.25. The number of aliphatic hydroxyl groups excluding tert-OH is 1. The van der Waals surface area contributed by atoms with Crippen LogP contribution in [0.2, 0.25) is 0 Å². The summed E-state index contributed by atoms with van der Waals surface area (Å²) >= 11 is 0. The number of rotatable bonds is 1. The van der Waals surface area contributed by atoms with Crippen LogP contribution in [0.3, 0.4) is 0 Å². The lowest BCUT2D eigenvalue weighted by Gasteiger charge is -1.90. The van der Waals surface area contributed by atoms with Crippen LogP contribution in [0, 0.1) is 5.92 Å². The Morgan fingerprint density at radius 3 is 1.80 bits per heavy atom. The second kappa shape index (κ2) is 2.21. The lowest BCUT2D eigenvalue weighted by atomic mass is 11.2. The van der Waals surface area contributed by atoms with Gasteiger partial charge in [-0.15, -0.1) is 0 Å². The molecule has 0 aromatic carbocycles. The molecule has 0 saturated carbocycles. The molecular weight excluding hydrogens is 68.0 g/mol. The van der Waals surface area contributed by atoms with Gasteiger partial charge in [-0.25, -0.2) is 0 Å². The minimum absolute atomic E-state index is 0.306. The average molecular weight is 78.1 g/mol. The smallest absolute Gasteiger partial charge is 0.0453 e. The molecule has 0 unspecified atom stereocenters. The second-order valence-corrected chi connectivity index (χ2v) is 1.58. The van der Waals surface area contributed by atoms with Crippen molar-refractivity contribution in [2.24, 2.45) is 5.92 Å². The Morgan fingerprint density at radius 2 is 1.80 bits per heavy atom. The Hall–Kier alpha value is -0.0400. The van der Waals surface area contributed by atoms with Crippen LogP contribution in [0.4, 0.5) is 0 Å². The Kier molecular flexibility index (Phi) is 2.19. The van der Waals surface area contributed by atoms with Gasteiger partial charge in [0.2, 0.25) is 0 Å². The molecule has 0 heterocycles. The van der Waals surface area contributed by atoms with Gasteiger partial charge < -0.3 is 5.11 Å². The van der Waals surface area contributed by atoms with E-state index in [2.05, 4.69) is 0 Å². The third-order valence-electron chi connectivity index (χ3n) is 0.365. The van der Waals surface area contributed by atoms with E-state index in [1.807, 2.05) is 13.8 Å². The van der Waals surface area contributed by atoms with E-state index in [1.165, 1.54) is 0 Å². The Morgan fingerprint density at radius 1 is 1.60 bits per heavy atom. The highest BCUT2D eigenvalue weighted by Crippen LogP contribution is 1.83. The minimum atomic E-state index is 0.306. The molecule has 0 atom stereocenters. The standard InChI is InChI=1S/C4H10O/c1-4(2)3-5/h4-5H,3H2,1-2H3/i1+1,2+1,3+1,4+1. The largest absolute Gasteiger partial charge is 0.396 e. The molecule has 0 fully saturated rings. The molecule has 0 aliphatic rings. The molecule has 1 nitrogen and oxygen atoms in total. The van der Waals surface area contributed by atoms with Gasteiger partial charge in [-0.05, 0) is 5.92 Å². The van der Waals surface area contributed by atoms with Crippen molar-refractivity contribution in [1.29, 1.82) is 0 Å². The molecule has 0 rings (SSSR count). The molecule has 5 heavy (non-hydrogen) atoms. The van der Waals surface area contributed by atoms with Gasteiger partial charge in [0.1, 0.15) is 0 Å². The van der Waals surface area contributed by atoms with Gasteiger partial charge in [-0.3, -0.25) is 0 Å². The topological polar surface area (TPSA) is 20.2 Å². The van der Waals surface area contributed by atoms with Gasteiger partial charge in [0.15, 0.2) is 0 Å². The zero-order valence-electron chi connectivity index (χ0n) is 3.73. The molecule has 1 N–H and O–H groups in total. The zero-order valence-corrected chi connectivity index (χ0v) is 3.73. The minimum Gasteiger partial charge on any atom is -0.396 e. The molecule has 0 aromatic rings. The van der Waals surface area contributed by atoms with Crippen molar-refractivity contribution in [3.8, 4) is 0 Å². The molecular formula is C4H10O. The van der Waals surface area contributed by atoms with Crippen molar-refractivity contribution < 1.29 is 5.11 Å². The van der Waals surface area contributed by atoms with E-state index in [0.717, 1.165) is 0 Å². The molecule has 0 aliphatic carbocycles. The fraction of sp³-hybridized carbons (Fsp3) is 1.00. The summed E-state index contributed by atoms with van der Waals surface area (Å²) < 4.78 is 0. The third kappa shape index (κ3) is 3.96. The van der Waals surface area contributed by atoms with E-state index in [0.29, 0.717) is 12.5 Å². The van der Waals surface area contributed by atoms with E-state index in [9.17, 15) is 0 Å². The van der Waals surface area contributed by atoms with Crippen LogP contribution in [0.15, 0.2) is 0 Å². The first kappa shape index (κ1) is 4.96. The van der Waals surface area contributed by atoms with Gasteiger partial charge in [-0.2, -0.15) is 0 Å². The fourth-order valence-electron chi connectivity index (χ4n) is 0. The fourth-order valence-corrected chi connectivity index (χ4v) is 0. The van der Waals surface area contributed by atoms with Crippen molar-refractivity contribution in [1.82, 2.24) is 0 Å². The first-order valence-electron chi connectivity index (χ1n) is 1.88. The molecule has 32 valence electrons. The summed E-state index contributed by atoms with van der Waals surface area (Å²) in [4.78, 5) is 0. The van der Waals surface area contributed by atoms with Gasteiger partial charge in [0, 0.05) is 6.61 Å². The zero-order chi connectivity index (χ0) is 4.28. The Balaban J connectivity index is 2.54. The quantitative estimate of drug-likeness (QED) is 0.456. The highest BCUT2D eigenvalue weighted by molar-refractivity contribution is 4.32. The molecule has 0 aromatic heterocycles. The van der Waals surface area contributed by atoms with Crippen LogP contribution in [-0.2, 0) is 0 Å². The Labute approximate surface area is 32.6 Å². The Bertz CT molecular complexity index is 17.6. The summed E-state index contributed by atoms with van der Waals surface area (Å²) in [7, 11) is 0. The molecule has 0 radical (unpaired) electrons. The van der Waals surface area contributed by atoms with Crippen molar-refractivity contribution in [2.45, 2.75) is 13.8 Å². The number of hydrogen-bond acceptors (Lipinski definition) is 1. The molecule has 1 heteroatoms. The van der Waals surface area contributed by atoms with Gasteiger partial charge >= 0.3 is 0 Å². The monoisotopic (exact) mass is 78.1 g/mol. The van der Waals surface area contributed by atoms with Crippen molar-refractivity contribution in [2.75, 3.05) is 6.61 Å². The van der Waals surface area contributed by atoms with Crippen molar-refractivity contribution in [3.05, 3.63) is 0 Å². The summed E-state index contributed by atoms with van der Waals surface area (Å²) in [6, 6.07) is 0. The maximum atomic E-state index is 8.14. The first-order valence-corrected chi connectivity index (χ1v) is 1.88. The average Bonchev–Trinajstić information content (AvgIpc) is 1.38. The van der Waals surface area contributed by atoms with E-state index in [4.69, 9.17) is 5.11 Å². The molecule has 0 bridgehead atoms. The highest BCUT2D eigenvalue weighted by atomic mass is 16.3. The van der Waals surface area contributed by atoms with Crippen LogP contribution in [0.25, 0.3) is 0 Å². The third-order valence-corrected chi connectivity index (χ3v) is 0.365. The lowest BCUT2D eigenvalue weighted by Crippen LogP contribution is -1.90. The molecule has 0 aliphatic heterocycles. The van der Waals surface area contributed by atoms with Crippen LogP contribution in [0.5, 0.6) is 0 Å². The van der Waals surface area contributed by atoms with Gasteiger partial charge in [0.05, 0.1) is 0 Å². The van der Waals surface area contributed by atoms with Gasteiger partial charge in [-0.1, -0.05) is 13.8 Å². The maximum absolute atomic E-state index is 8.14. The van der Waals surface area contributed by atoms with Crippen LogP contribution in [-0.4, -0.2) is 11.7 Å². The van der Waals surface area contributed by atoms with E-state index < -0.39 is 0 Å². The summed E-state index contributed by atoms with van der Waals surface area (Å²) in [5.74, 6) is 0.440. The van der Waals surface area contributed by atoms with E-state index >= 15 is 0 Å².